The van der Waals surface area contributed by atoms with Crippen LogP contribution in [0.15, 0.2) is 78.1 Å². The third-order valence-corrected chi connectivity index (χ3v) is 5.81. The Morgan fingerprint density at radius 2 is 1.58 bits per heavy atom. The topological polar surface area (TPSA) is 71.1 Å². The van der Waals surface area contributed by atoms with Crippen LogP contribution in [0.4, 0.5) is 0 Å². The fourth-order valence-electron chi connectivity index (χ4n) is 3.50. The van der Waals surface area contributed by atoms with Gasteiger partial charge in [0.05, 0.1) is 20.5 Å². The van der Waals surface area contributed by atoms with Crippen LogP contribution in [-0.4, -0.2) is 32.8 Å². The number of ether oxygens (including phenoxy) is 4. The maximum absolute atomic E-state index is 12.0. The van der Waals surface area contributed by atoms with Crippen LogP contribution in [-0.2, 0) is 19.1 Å². The van der Waals surface area contributed by atoms with Crippen molar-refractivity contribution in [3.05, 3.63) is 106 Å². The number of allylic oxidation sites excluding steroid dienone is 6. The van der Waals surface area contributed by atoms with Crippen molar-refractivity contribution in [2.24, 2.45) is 0 Å². The first kappa shape index (κ1) is 29.9. The van der Waals surface area contributed by atoms with Crippen LogP contribution in [0, 0.1) is 20.8 Å². The van der Waals surface area contributed by atoms with Crippen LogP contribution in [0.25, 0.3) is 12.2 Å². The Bertz CT molecular complexity index is 1270. The SMILES string of the molecule is COc1ccc(/C=C/OC(=O)COC(=O)/C=C(C)/C=C/C=C(C)/C=C/c2c(C)cc(OC)c(C)c2C)cc1. The number of hydrogen-bond acceptors (Lipinski definition) is 6. The molecule has 2 aromatic carbocycles. The molecule has 38 heavy (non-hydrogen) atoms. The maximum atomic E-state index is 12.0. The second-order valence-corrected chi connectivity index (χ2v) is 8.72. The fraction of sp³-hybridized carbons (Fsp3) is 0.250. The van der Waals surface area contributed by atoms with E-state index in [1.54, 1.807) is 45.4 Å². The molecule has 2 rings (SSSR count). The zero-order valence-electron chi connectivity index (χ0n) is 23.2. The van der Waals surface area contributed by atoms with Gasteiger partial charge in [-0.15, -0.1) is 0 Å². The molecule has 6 heteroatoms. The Kier molecular flexibility index (Phi) is 11.8. The molecule has 0 unspecified atom stereocenters. The minimum Gasteiger partial charge on any atom is -0.497 e. The van der Waals surface area contributed by atoms with Crippen molar-refractivity contribution in [3.8, 4) is 11.5 Å². The molecule has 0 amide bonds. The Morgan fingerprint density at radius 1 is 0.868 bits per heavy atom. The molecule has 0 saturated carbocycles. The molecule has 0 aliphatic heterocycles. The van der Waals surface area contributed by atoms with E-state index >= 15 is 0 Å². The molecule has 0 aliphatic rings. The summed E-state index contributed by atoms with van der Waals surface area (Å²) in [5.41, 5.74) is 7.22. The predicted octanol–water partition coefficient (Wildman–Crippen LogP) is 6.85. The Labute approximate surface area is 225 Å². The van der Waals surface area contributed by atoms with Gasteiger partial charge < -0.3 is 18.9 Å². The van der Waals surface area contributed by atoms with Gasteiger partial charge in [0, 0.05) is 6.08 Å². The maximum Gasteiger partial charge on any atom is 0.349 e. The summed E-state index contributed by atoms with van der Waals surface area (Å²) in [5.74, 6) is 0.334. The molecule has 6 nitrogen and oxygen atoms in total. The zero-order chi connectivity index (χ0) is 28.1. The smallest absolute Gasteiger partial charge is 0.349 e. The molecule has 200 valence electrons. The van der Waals surface area contributed by atoms with Crippen molar-refractivity contribution >= 4 is 24.1 Å². The highest BCUT2D eigenvalue weighted by Gasteiger charge is 2.08. The lowest BCUT2D eigenvalue weighted by Gasteiger charge is -2.13. The summed E-state index contributed by atoms with van der Waals surface area (Å²) in [6.45, 7) is 9.52. The third-order valence-electron chi connectivity index (χ3n) is 5.81. The van der Waals surface area contributed by atoms with E-state index in [2.05, 4.69) is 26.8 Å². The van der Waals surface area contributed by atoms with Gasteiger partial charge in [0.25, 0.3) is 0 Å². The predicted molar refractivity (Wildman–Crippen MR) is 152 cm³/mol. The van der Waals surface area contributed by atoms with Crippen LogP contribution in [0.3, 0.4) is 0 Å². The first-order chi connectivity index (χ1) is 18.1. The van der Waals surface area contributed by atoms with E-state index in [4.69, 9.17) is 18.9 Å². The summed E-state index contributed by atoms with van der Waals surface area (Å²) in [6.07, 6.45) is 14.0. The van der Waals surface area contributed by atoms with E-state index in [1.807, 2.05) is 43.4 Å². The fourth-order valence-corrected chi connectivity index (χ4v) is 3.50. The first-order valence-corrected chi connectivity index (χ1v) is 12.2. The van der Waals surface area contributed by atoms with E-state index in [9.17, 15) is 9.59 Å². The second-order valence-electron chi connectivity index (χ2n) is 8.72. The minimum absolute atomic E-state index is 0.479. The van der Waals surface area contributed by atoms with Gasteiger partial charge >= 0.3 is 11.9 Å². The normalized spacial score (nSPS) is 12.4. The van der Waals surface area contributed by atoms with E-state index in [-0.39, 0.29) is 0 Å². The lowest BCUT2D eigenvalue weighted by molar-refractivity contribution is -0.152. The molecule has 0 spiro atoms. The quantitative estimate of drug-likeness (QED) is 0.141. The summed E-state index contributed by atoms with van der Waals surface area (Å²) in [7, 11) is 3.27. The molecule has 0 N–H and O–H groups in total. The summed E-state index contributed by atoms with van der Waals surface area (Å²) >= 11 is 0. The average Bonchev–Trinajstić information content (AvgIpc) is 2.89. The van der Waals surface area contributed by atoms with Crippen LogP contribution in [0.1, 0.15) is 41.7 Å². The second kappa shape index (κ2) is 15.1. The van der Waals surface area contributed by atoms with Gasteiger partial charge in [0.15, 0.2) is 6.61 Å². The number of hydrogen-bond donors (Lipinski definition) is 0. The summed E-state index contributed by atoms with van der Waals surface area (Å²) in [5, 5.41) is 0. The highest BCUT2D eigenvalue weighted by Crippen LogP contribution is 2.28. The van der Waals surface area contributed by atoms with Crippen molar-refractivity contribution < 1.29 is 28.5 Å². The van der Waals surface area contributed by atoms with Crippen LogP contribution in [0.2, 0.25) is 0 Å². The molecular weight excluding hydrogens is 480 g/mol. The monoisotopic (exact) mass is 516 g/mol. The molecule has 0 aromatic heterocycles. The van der Waals surface area contributed by atoms with Gasteiger partial charge in [0.2, 0.25) is 0 Å². The summed E-state index contributed by atoms with van der Waals surface area (Å²) < 4.78 is 20.4. The summed E-state index contributed by atoms with van der Waals surface area (Å²) in [6, 6.07) is 9.28. The number of carbonyl (C=O) groups is 2. The van der Waals surface area contributed by atoms with Crippen molar-refractivity contribution in [3.63, 3.8) is 0 Å². The molecule has 0 bridgehead atoms. The number of benzene rings is 2. The molecule has 2 aromatic rings. The van der Waals surface area contributed by atoms with Gasteiger partial charge in [-0.2, -0.15) is 0 Å². The van der Waals surface area contributed by atoms with Crippen LogP contribution >= 0.6 is 0 Å². The van der Waals surface area contributed by atoms with E-state index < -0.39 is 18.5 Å². The largest absolute Gasteiger partial charge is 0.497 e. The molecule has 0 saturated heterocycles. The molecule has 0 atom stereocenters. The van der Waals surface area contributed by atoms with Crippen molar-refractivity contribution in [1.82, 2.24) is 0 Å². The number of esters is 2. The molecular formula is C32H36O6. The van der Waals surface area contributed by atoms with Gasteiger partial charge in [-0.1, -0.05) is 48.1 Å². The van der Waals surface area contributed by atoms with Crippen molar-refractivity contribution in [2.75, 3.05) is 20.8 Å². The Balaban J connectivity index is 1.84. The van der Waals surface area contributed by atoms with Gasteiger partial charge in [-0.25, -0.2) is 9.59 Å². The zero-order valence-corrected chi connectivity index (χ0v) is 23.2. The minimum atomic E-state index is -0.674. The van der Waals surface area contributed by atoms with Gasteiger partial charge in [0.1, 0.15) is 11.5 Å². The number of aryl methyl sites for hydroxylation is 1. The van der Waals surface area contributed by atoms with E-state index in [0.717, 1.165) is 33.8 Å². The molecule has 0 fully saturated rings. The van der Waals surface area contributed by atoms with Crippen LogP contribution in [0.5, 0.6) is 11.5 Å². The van der Waals surface area contributed by atoms with Crippen molar-refractivity contribution in [2.45, 2.75) is 34.6 Å². The molecule has 0 heterocycles. The number of methoxy groups -OCH3 is 2. The van der Waals surface area contributed by atoms with Gasteiger partial charge in [-0.3, -0.25) is 0 Å². The first-order valence-electron chi connectivity index (χ1n) is 12.2. The Hall–Kier alpha value is -4.32. The van der Waals surface area contributed by atoms with E-state index in [1.165, 1.54) is 23.5 Å². The lowest BCUT2D eigenvalue weighted by Crippen LogP contribution is -2.13. The Morgan fingerprint density at radius 3 is 2.24 bits per heavy atom. The third kappa shape index (κ3) is 9.62. The van der Waals surface area contributed by atoms with E-state index in [0.29, 0.717) is 5.57 Å². The average molecular weight is 517 g/mol. The number of rotatable bonds is 11. The highest BCUT2D eigenvalue weighted by atomic mass is 16.6. The molecule has 0 aliphatic carbocycles. The van der Waals surface area contributed by atoms with Crippen LogP contribution < -0.4 is 9.47 Å². The lowest BCUT2D eigenvalue weighted by atomic mass is 9.96. The highest BCUT2D eigenvalue weighted by molar-refractivity contribution is 5.85. The van der Waals surface area contributed by atoms with Crippen molar-refractivity contribution in [1.29, 1.82) is 0 Å². The standard InChI is InChI=1S/C32H36O6/c1-22(11-16-29-24(3)20-30(36-7)26(5)25(29)4)9-8-10-23(2)19-31(33)38-21-32(34)37-18-17-27-12-14-28(35-6)15-13-27/h8-20H,21H2,1-7H3/b10-8+,16-11+,18-17+,22-9+,23-19+. The summed E-state index contributed by atoms with van der Waals surface area (Å²) in [4.78, 5) is 23.8. The van der Waals surface area contributed by atoms with Gasteiger partial charge in [-0.05, 0) is 92.3 Å². The molecule has 0 radical (unpaired) electrons. The number of carbonyl (C=O) groups excluding carboxylic acids is 2.